The average Bonchev–Trinajstić information content (AvgIpc) is 3.16. The lowest BCUT2D eigenvalue weighted by molar-refractivity contribution is -0.0335. The Kier molecular flexibility index (Phi) is 5.14. The number of hydrogen-bond acceptors (Lipinski definition) is 4. The Bertz CT molecular complexity index is 919. The predicted molar refractivity (Wildman–Crippen MR) is 107 cm³/mol. The van der Waals surface area contributed by atoms with Crippen LogP contribution in [0, 0.1) is 0 Å². The van der Waals surface area contributed by atoms with Gasteiger partial charge in [-0.2, -0.15) is 0 Å². The van der Waals surface area contributed by atoms with E-state index in [-0.39, 0.29) is 6.10 Å². The number of hydrogen-bond donors (Lipinski definition) is 0. The molecule has 3 aromatic rings. The van der Waals surface area contributed by atoms with Gasteiger partial charge in [-0.3, -0.25) is 4.90 Å². The second kappa shape index (κ2) is 7.71. The van der Waals surface area contributed by atoms with Crippen molar-refractivity contribution in [1.82, 2.24) is 14.5 Å². The van der Waals surface area contributed by atoms with Crippen molar-refractivity contribution in [2.24, 2.45) is 0 Å². The highest BCUT2D eigenvalue weighted by molar-refractivity contribution is 5.84. The normalized spacial score (nSPS) is 18.3. The molecule has 5 nitrogen and oxygen atoms in total. The molecular formula is C22H27N3O2. The van der Waals surface area contributed by atoms with E-state index in [0.717, 1.165) is 32.0 Å². The molecule has 0 amide bonds. The van der Waals surface area contributed by atoms with E-state index < -0.39 is 0 Å². The molecule has 0 aliphatic carbocycles. The molecule has 0 saturated carbocycles. The third kappa shape index (κ3) is 3.84. The maximum absolute atomic E-state index is 6.10. The second-order valence-electron chi connectivity index (χ2n) is 7.45. The molecule has 0 bridgehead atoms. The lowest BCUT2D eigenvalue weighted by atomic mass is 10.0. The Balaban J connectivity index is 1.51. The van der Waals surface area contributed by atoms with Crippen LogP contribution in [-0.4, -0.2) is 41.3 Å². The molecule has 0 N–H and O–H groups in total. The molecule has 2 heterocycles. The first-order valence-corrected chi connectivity index (χ1v) is 9.56. The van der Waals surface area contributed by atoms with Crippen molar-refractivity contribution >= 4 is 10.8 Å². The summed E-state index contributed by atoms with van der Waals surface area (Å²) >= 11 is 0. The topological polar surface area (TPSA) is 39.5 Å². The number of ether oxygens (including phenoxy) is 2. The van der Waals surface area contributed by atoms with Crippen LogP contribution in [0.15, 0.2) is 48.9 Å². The van der Waals surface area contributed by atoms with Crippen LogP contribution in [0.1, 0.15) is 37.3 Å². The molecule has 5 heteroatoms. The maximum Gasteiger partial charge on any atom is 0.119 e. The van der Waals surface area contributed by atoms with Crippen LogP contribution in [0.5, 0.6) is 5.75 Å². The SMILES string of the molecule is COc1ccc2cc(C3CN(Cc4cncn4C(C)C)CCO3)ccc2c1. The smallest absolute Gasteiger partial charge is 0.119 e. The molecule has 1 aliphatic heterocycles. The Morgan fingerprint density at radius 1 is 1.19 bits per heavy atom. The van der Waals surface area contributed by atoms with Crippen LogP contribution in [0.2, 0.25) is 0 Å². The van der Waals surface area contributed by atoms with Gasteiger partial charge < -0.3 is 14.0 Å². The predicted octanol–water partition coefficient (Wildman–Crippen LogP) is 4.20. The zero-order valence-corrected chi connectivity index (χ0v) is 16.3. The van der Waals surface area contributed by atoms with Gasteiger partial charge in [0, 0.05) is 31.9 Å². The van der Waals surface area contributed by atoms with Gasteiger partial charge in [-0.25, -0.2) is 4.98 Å². The molecule has 1 atom stereocenters. The van der Waals surface area contributed by atoms with Crippen molar-refractivity contribution in [1.29, 1.82) is 0 Å². The summed E-state index contributed by atoms with van der Waals surface area (Å²) in [4.78, 5) is 6.79. The number of imidazole rings is 1. The highest BCUT2D eigenvalue weighted by Gasteiger charge is 2.23. The molecular weight excluding hydrogens is 338 g/mol. The monoisotopic (exact) mass is 365 g/mol. The minimum atomic E-state index is 0.0978. The van der Waals surface area contributed by atoms with Gasteiger partial charge in [0.15, 0.2) is 0 Å². The Morgan fingerprint density at radius 3 is 2.81 bits per heavy atom. The Labute approximate surface area is 160 Å². The standard InChI is InChI=1S/C22H27N3O2/c1-16(2)25-15-23-12-20(25)13-24-8-9-27-22(14-24)19-5-4-18-11-21(26-3)7-6-17(18)10-19/h4-7,10-12,15-16,22H,8-9,13-14H2,1-3H3. The lowest BCUT2D eigenvalue weighted by Gasteiger charge is -2.33. The van der Waals surface area contributed by atoms with Crippen LogP contribution in [-0.2, 0) is 11.3 Å². The van der Waals surface area contributed by atoms with E-state index in [9.17, 15) is 0 Å². The van der Waals surface area contributed by atoms with Crippen molar-refractivity contribution in [2.75, 3.05) is 26.8 Å². The summed E-state index contributed by atoms with van der Waals surface area (Å²) in [5.41, 5.74) is 2.49. The fraction of sp³-hybridized carbons (Fsp3) is 0.409. The first kappa shape index (κ1) is 18.0. The molecule has 1 aromatic heterocycles. The van der Waals surface area contributed by atoms with Gasteiger partial charge in [0.1, 0.15) is 5.75 Å². The van der Waals surface area contributed by atoms with Gasteiger partial charge >= 0.3 is 0 Å². The van der Waals surface area contributed by atoms with Gasteiger partial charge in [-0.05, 0) is 48.4 Å². The fourth-order valence-electron chi connectivity index (χ4n) is 3.77. The summed E-state index contributed by atoms with van der Waals surface area (Å²) in [7, 11) is 1.70. The summed E-state index contributed by atoms with van der Waals surface area (Å²) in [5, 5.41) is 2.40. The van der Waals surface area contributed by atoms with E-state index in [0.29, 0.717) is 6.04 Å². The number of fused-ring (bicyclic) bond motifs is 1. The molecule has 1 fully saturated rings. The highest BCUT2D eigenvalue weighted by Crippen LogP contribution is 2.28. The fourth-order valence-corrected chi connectivity index (χ4v) is 3.77. The summed E-state index contributed by atoms with van der Waals surface area (Å²) in [6.45, 7) is 7.88. The molecule has 27 heavy (non-hydrogen) atoms. The number of aromatic nitrogens is 2. The van der Waals surface area contributed by atoms with E-state index >= 15 is 0 Å². The van der Waals surface area contributed by atoms with Gasteiger partial charge in [0.25, 0.3) is 0 Å². The van der Waals surface area contributed by atoms with E-state index in [1.807, 2.05) is 18.6 Å². The molecule has 2 aromatic carbocycles. The van der Waals surface area contributed by atoms with Crippen molar-refractivity contribution in [3.8, 4) is 5.75 Å². The Morgan fingerprint density at radius 2 is 2.00 bits per heavy atom. The van der Waals surface area contributed by atoms with Crippen molar-refractivity contribution in [2.45, 2.75) is 32.5 Å². The third-order valence-electron chi connectivity index (χ3n) is 5.28. The second-order valence-corrected chi connectivity index (χ2v) is 7.45. The third-order valence-corrected chi connectivity index (χ3v) is 5.28. The van der Waals surface area contributed by atoms with Crippen LogP contribution >= 0.6 is 0 Å². The summed E-state index contributed by atoms with van der Waals surface area (Å²) in [6.07, 6.45) is 4.00. The molecule has 0 radical (unpaired) electrons. The van der Waals surface area contributed by atoms with Gasteiger partial charge in [-0.1, -0.05) is 18.2 Å². The number of rotatable bonds is 5. The lowest BCUT2D eigenvalue weighted by Crippen LogP contribution is -2.38. The van der Waals surface area contributed by atoms with E-state index in [1.54, 1.807) is 7.11 Å². The first-order chi connectivity index (χ1) is 13.1. The number of methoxy groups -OCH3 is 1. The molecule has 142 valence electrons. The average molecular weight is 365 g/mol. The highest BCUT2D eigenvalue weighted by atomic mass is 16.5. The first-order valence-electron chi connectivity index (χ1n) is 9.56. The minimum absolute atomic E-state index is 0.0978. The largest absolute Gasteiger partial charge is 0.497 e. The van der Waals surface area contributed by atoms with Crippen molar-refractivity contribution < 1.29 is 9.47 Å². The minimum Gasteiger partial charge on any atom is -0.497 e. The molecule has 4 rings (SSSR count). The molecule has 0 spiro atoms. The van der Waals surface area contributed by atoms with Gasteiger partial charge in [-0.15, -0.1) is 0 Å². The number of morpholine rings is 1. The molecule has 1 aliphatic rings. The van der Waals surface area contributed by atoms with Gasteiger partial charge in [0.2, 0.25) is 0 Å². The summed E-state index contributed by atoms with van der Waals surface area (Å²) in [6, 6.07) is 13.2. The molecule has 1 unspecified atom stereocenters. The van der Waals surface area contributed by atoms with Gasteiger partial charge in [0.05, 0.1) is 31.8 Å². The Hall–Kier alpha value is -2.37. The van der Waals surface area contributed by atoms with E-state index in [4.69, 9.17) is 9.47 Å². The van der Waals surface area contributed by atoms with Crippen molar-refractivity contribution in [3.05, 3.63) is 60.2 Å². The van der Waals surface area contributed by atoms with Crippen LogP contribution in [0.25, 0.3) is 10.8 Å². The summed E-state index contributed by atoms with van der Waals surface area (Å²) < 4.78 is 13.7. The van der Waals surface area contributed by atoms with Crippen LogP contribution in [0.4, 0.5) is 0 Å². The van der Waals surface area contributed by atoms with Crippen LogP contribution in [0.3, 0.4) is 0 Å². The zero-order chi connectivity index (χ0) is 18.8. The van der Waals surface area contributed by atoms with Crippen molar-refractivity contribution in [3.63, 3.8) is 0 Å². The number of nitrogens with zero attached hydrogens (tertiary/aromatic N) is 3. The van der Waals surface area contributed by atoms with E-state index in [2.05, 4.69) is 58.6 Å². The number of benzene rings is 2. The summed E-state index contributed by atoms with van der Waals surface area (Å²) in [5.74, 6) is 0.886. The van der Waals surface area contributed by atoms with Crippen LogP contribution < -0.4 is 4.74 Å². The molecule has 1 saturated heterocycles. The van der Waals surface area contributed by atoms with E-state index in [1.165, 1.54) is 22.0 Å². The maximum atomic E-state index is 6.10. The quantitative estimate of drug-likeness (QED) is 0.679. The zero-order valence-electron chi connectivity index (χ0n) is 16.3.